The Bertz CT molecular complexity index is 943. The number of hydrogen-bond donors (Lipinski definition) is 1. The van der Waals surface area contributed by atoms with E-state index in [0.717, 1.165) is 13.0 Å². The van der Waals surface area contributed by atoms with Gasteiger partial charge in [-0.3, -0.25) is 9.59 Å². The monoisotopic (exact) mass is 420 g/mol. The number of sulfone groups is 1. The molecule has 0 radical (unpaired) electrons. The Kier molecular flexibility index (Phi) is 6.97. The second kappa shape index (κ2) is 9.64. The second-order valence-corrected chi connectivity index (χ2v) is 8.85. The zero-order valence-corrected chi connectivity index (χ0v) is 16.9. The van der Waals surface area contributed by atoms with Crippen molar-refractivity contribution in [3.8, 4) is 0 Å². The van der Waals surface area contributed by atoms with Gasteiger partial charge in [0.2, 0.25) is 17.7 Å². The number of nitrogens with one attached hydrogen (secondary N) is 1. The van der Waals surface area contributed by atoms with E-state index in [2.05, 4.69) is 15.5 Å². The molecular weight excluding hydrogens is 396 g/mol. The van der Waals surface area contributed by atoms with Crippen LogP contribution in [0.25, 0.3) is 0 Å². The molecule has 29 heavy (non-hydrogen) atoms. The molecule has 1 aromatic heterocycles. The summed E-state index contributed by atoms with van der Waals surface area (Å²) in [5.74, 6) is -0.0464. The lowest BCUT2D eigenvalue weighted by atomic mass is 10.3. The highest BCUT2D eigenvalue weighted by Crippen LogP contribution is 2.15. The van der Waals surface area contributed by atoms with Crippen molar-refractivity contribution in [2.75, 3.05) is 19.6 Å². The van der Waals surface area contributed by atoms with Crippen LogP contribution in [0.4, 0.5) is 0 Å². The maximum absolute atomic E-state index is 12.3. The van der Waals surface area contributed by atoms with E-state index < -0.39 is 9.84 Å². The first kappa shape index (κ1) is 21.0. The van der Waals surface area contributed by atoms with E-state index in [0.29, 0.717) is 25.9 Å². The van der Waals surface area contributed by atoms with E-state index >= 15 is 0 Å². The van der Waals surface area contributed by atoms with Gasteiger partial charge in [0.1, 0.15) is 5.75 Å². The van der Waals surface area contributed by atoms with Crippen LogP contribution in [0.15, 0.2) is 39.8 Å². The molecule has 0 bridgehead atoms. The Labute approximate surface area is 169 Å². The maximum atomic E-state index is 12.3. The molecule has 2 heterocycles. The van der Waals surface area contributed by atoms with Crippen LogP contribution in [0.3, 0.4) is 0 Å². The van der Waals surface area contributed by atoms with Crippen LogP contribution in [-0.2, 0) is 31.6 Å². The molecule has 0 spiro atoms. The number of amides is 2. The Hall–Kier alpha value is -2.75. The third-order valence-electron chi connectivity index (χ3n) is 4.60. The standard InChI is InChI=1S/C19H24N4O5S/c24-17(20-11-5-13-23-12-4-8-19(23)25)9-10-18-21-16(22-28-18)14-29(26,27)15-6-2-1-3-7-15/h1-3,6-7H,4-5,8-14H2,(H,20,24). The molecule has 1 aliphatic heterocycles. The van der Waals surface area contributed by atoms with Crippen LogP contribution in [-0.4, -0.2) is 54.9 Å². The number of aromatic nitrogens is 2. The number of benzene rings is 1. The van der Waals surface area contributed by atoms with Crippen LogP contribution in [0.1, 0.15) is 37.4 Å². The van der Waals surface area contributed by atoms with Gasteiger partial charge in [-0.2, -0.15) is 4.98 Å². The molecular formula is C19H24N4O5S. The molecule has 1 aromatic carbocycles. The predicted molar refractivity (Wildman–Crippen MR) is 103 cm³/mol. The summed E-state index contributed by atoms with van der Waals surface area (Å²) in [4.78, 5) is 29.5. The van der Waals surface area contributed by atoms with Crippen LogP contribution in [0, 0.1) is 0 Å². The molecule has 10 heteroatoms. The number of carbonyl (C=O) groups is 2. The molecule has 0 unspecified atom stereocenters. The number of likely N-dealkylation sites (tertiary alicyclic amines) is 1. The quantitative estimate of drug-likeness (QED) is 0.571. The van der Waals surface area contributed by atoms with Crippen molar-refractivity contribution in [2.24, 2.45) is 0 Å². The molecule has 2 amide bonds. The summed E-state index contributed by atoms with van der Waals surface area (Å²) in [6, 6.07) is 8.06. The lowest BCUT2D eigenvalue weighted by Crippen LogP contribution is -2.30. The highest BCUT2D eigenvalue weighted by Gasteiger charge is 2.20. The zero-order chi connectivity index (χ0) is 20.7. The van der Waals surface area contributed by atoms with Crippen molar-refractivity contribution in [3.05, 3.63) is 42.0 Å². The molecule has 0 aliphatic carbocycles. The topological polar surface area (TPSA) is 122 Å². The van der Waals surface area contributed by atoms with Crippen molar-refractivity contribution >= 4 is 21.7 Å². The smallest absolute Gasteiger partial charge is 0.227 e. The fourth-order valence-corrected chi connectivity index (χ4v) is 4.27. The molecule has 0 saturated carbocycles. The fraction of sp³-hybridized carbons (Fsp3) is 0.474. The van der Waals surface area contributed by atoms with Crippen LogP contribution >= 0.6 is 0 Å². The molecule has 0 atom stereocenters. The Morgan fingerprint density at radius 2 is 2.03 bits per heavy atom. The number of rotatable bonds is 10. The van der Waals surface area contributed by atoms with Crippen molar-refractivity contribution in [2.45, 2.75) is 42.8 Å². The normalized spacial score (nSPS) is 14.3. The number of hydrogen-bond acceptors (Lipinski definition) is 7. The summed E-state index contributed by atoms with van der Waals surface area (Å²) in [5, 5.41) is 6.49. The first-order chi connectivity index (χ1) is 13.9. The van der Waals surface area contributed by atoms with E-state index in [1.54, 1.807) is 18.2 Å². The van der Waals surface area contributed by atoms with Gasteiger partial charge < -0.3 is 14.7 Å². The van der Waals surface area contributed by atoms with Gasteiger partial charge in [0.05, 0.1) is 4.90 Å². The molecule has 1 N–H and O–H groups in total. The number of carbonyl (C=O) groups excluding carboxylic acids is 2. The highest BCUT2D eigenvalue weighted by molar-refractivity contribution is 7.90. The van der Waals surface area contributed by atoms with Crippen LogP contribution < -0.4 is 5.32 Å². The summed E-state index contributed by atoms with van der Waals surface area (Å²) in [7, 11) is -3.55. The summed E-state index contributed by atoms with van der Waals surface area (Å²) in [6.45, 7) is 1.95. The van der Waals surface area contributed by atoms with Gasteiger partial charge in [-0.15, -0.1) is 0 Å². The van der Waals surface area contributed by atoms with Crippen molar-refractivity contribution < 1.29 is 22.5 Å². The average molecular weight is 420 g/mol. The Balaban J connectivity index is 1.38. The van der Waals surface area contributed by atoms with E-state index in [9.17, 15) is 18.0 Å². The van der Waals surface area contributed by atoms with Gasteiger partial charge in [-0.1, -0.05) is 23.4 Å². The lowest BCUT2D eigenvalue weighted by molar-refractivity contribution is -0.127. The fourth-order valence-electron chi connectivity index (χ4n) is 3.08. The summed E-state index contributed by atoms with van der Waals surface area (Å²) in [6.07, 6.45) is 2.62. The van der Waals surface area contributed by atoms with E-state index in [4.69, 9.17) is 4.52 Å². The van der Waals surface area contributed by atoms with Gasteiger partial charge in [0.25, 0.3) is 0 Å². The largest absolute Gasteiger partial charge is 0.356 e. The minimum Gasteiger partial charge on any atom is -0.356 e. The molecule has 1 saturated heterocycles. The Morgan fingerprint density at radius 3 is 2.76 bits per heavy atom. The van der Waals surface area contributed by atoms with Crippen LogP contribution in [0.5, 0.6) is 0 Å². The molecule has 2 aromatic rings. The van der Waals surface area contributed by atoms with E-state index in [-0.39, 0.29) is 47.0 Å². The first-order valence-corrected chi connectivity index (χ1v) is 11.2. The SMILES string of the molecule is O=C(CCc1nc(CS(=O)(=O)c2ccccc2)no1)NCCCN1CCCC1=O. The first-order valence-electron chi connectivity index (χ1n) is 9.58. The summed E-state index contributed by atoms with van der Waals surface area (Å²) >= 11 is 0. The summed E-state index contributed by atoms with van der Waals surface area (Å²) < 4.78 is 29.7. The number of aryl methyl sites for hydroxylation is 1. The molecule has 3 rings (SSSR count). The number of nitrogens with zero attached hydrogens (tertiary/aromatic N) is 3. The molecule has 1 fully saturated rings. The Morgan fingerprint density at radius 1 is 1.24 bits per heavy atom. The van der Waals surface area contributed by atoms with E-state index in [1.807, 2.05) is 4.90 Å². The van der Waals surface area contributed by atoms with Gasteiger partial charge in [-0.25, -0.2) is 8.42 Å². The minimum atomic E-state index is -3.55. The summed E-state index contributed by atoms with van der Waals surface area (Å²) in [5.41, 5.74) is 0. The molecule has 156 valence electrons. The minimum absolute atomic E-state index is 0.0690. The van der Waals surface area contributed by atoms with Gasteiger partial charge in [0.15, 0.2) is 15.7 Å². The van der Waals surface area contributed by atoms with Gasteiger partial charge >= 0.3 is 0 Å². The molecule has 9 nitrogen and oxygen atoms in total. The van der Waals surface area contributed by atoms with Gasteiger partial charge in [0, 0.05) is 38.9 Å². The lowest BCUT2D eigenvalue weighted by Gasteiger charge is -2.15. The maximum Gasteiger partial charge on any atom is 0.227 e. The van der Waals surface area contributed by atoms with Crippen molar-refractivity contribution in [1.29, 1.82) is 0 Å². The van der Waals surface area contributed by atoms with Gasteiger partial charge in [-0.05, 0) is 25.0 Å². The van der Waals surface area contributed by atoms with Crippen molar-refractivity contribution in [1.82, 2.24) is 20.4 Å². The third kappa shape index (κ3) is 6.11. The third-order valence-corrected chi connectivity index (χ3v) is 6.22. The molecule has 1 aliphatic rings. The highest BCUT2D eigenvalue weighted by atomic mass is 32.2. The second-order valence-electron chi connectivity index (χ2n) is 6.86. The van der Waals surface area contributed by atoms with Crippen molar-refractivity contribution in [3.63, 3.8) is 0 Å². The zero-order valence-electron chi connectivity index (χ0n) is 16.0. The predicted octanol–water partition coefficient (Wildman–Crippen LogP) is 1.10. The van der Waals surface area contributed by atoms with Crippen LogP contribution in [0.2, 0.25) is 0 Å². The van der Waals surface area contributed by atoms with E-state index in [1.165, 1.54) is 12.1 Å². The average Bonchev–Trinajstić information content (AvgIpc) is 3.32.